The minimum Gasteiger partial charge on any atom is -0.505 e. The molecule has 1 aliphatic carbocycles. The molecule has 0 spiro atoms. The first-order valence-corrected chi connectivity index (χ1v) is 10.2. The molecular weight excluding hydrogens is 379 g/mol. The molecule has 1 saturated heterocycles. The minimum absolute atomic E-state index is 0.122. The van der Waals surface area contributed by atoms with E-state index in [1.54, 1.807) is 6.07 Å². The van der Waals surface area contributed by atoms with Crippen LogP contribution in [0.1, 0.15) is 23.8 Å². The van der Waals surface area contributed by atoms with Crippen LogP contribution in [0.15, 0.2) is 16.9 Å². The highest BCUT2D eigenvalue weighted by atomic mass is 32.1. The lowest BCUT2D eigenvalue weighted by Crippen LogP contribution is -2.44. The number of aromatic nitrogens is 1. The van der Waals surface area contributed by atoms with Crippen molar-refractivity contribution < 1.29 is 9.50 Å². The molecule has 28 heavy (non-hydrogen) atoms. The number of nitrogens with zero attached hydrogens (tertiary/aromatic N) is 4. The molecule has 2 aromatic heterocycles. The zero-order valence-electron chi connectivity index (χ0n) is 15.4. The third-order valence-electron chi connectivity index (χ3n) is 5.74. The van der Waals surface area contributed by atoms with E-state index in [9.17, 15) is 19.6 Å². The second kappa shape index (κ2) is 6.19. The summed E-state index contributed by atoms with van der Waals surface area (Å²) in [6.07, 6.45) is 1.93. The van der Waals surface area contributed by atoms with E-state index in [0.29, 0.717) is 16.0 Å². The fraction of sp³-hybridized carbons (Fsp3) is 0.400. The van der Waals surface area contributed by atoms with Crippen molar-refractivity contribution in [3.05, 3.63) is 33.1 Å². The Balaban J connectivity index is 1.81. The van der Waals surface area contributed by atoms with E-state index in [0.717, 1.165) is 50.4 Å². The summed E-state index contributed by atoms with van der Waals surface area (Å²) >= 11 is 1.13. The van der Waals surface area contributed by atoms with Gasteiger partial charge >= 0.3 is 0 Å². The van der Waals surface area contributed by atoms with E-state index in [-0.39, 0.29) is 27.4 Å². The Morgan fingerprint density at radius 3 is 2.61 bits per heavy atom. The van der Waals surface area contributed by atoms with Gasteiger partial charge in [-0.25, -0.2) is 4.39 Å². The molecule has 0 unspecified atom stereocenters. The topological polar surface area (TPSA) is 72.5 Å². The molecule has 3 heterocycles. The quantitative estimate of drug-likeness (QED) is 0.718. The van der Waals surface area contributed by atoms with Gasteiger partial charge in [-0.05, 0) is 32.0 Å². The first kappa shape index (κ1) is 17.5. The lowest BCUT2D eigenvalue weighted by molar-refractivity contribution is 0.312. The van der Waals surface area contributed by atoms with Crippen molar-refractivity contribution in [2.75, 3.05) is 38.1 Å². The maximum absolute atomic E-state index is 15.0. The summed E-state index contributed by atoms with van der Waals surface area (Å²) in [5.74, 6) is -0.710. The maximum Gasteiger partial charge on any atom is 0.202 e. The van der Waals surface area contributed by atoms with Gasteiger partial charge in [0.15, 0.2) is 5.75 Å². The smallest absolute Gasteiger partial charge is 0.202 e. The van der Waals surface area contributed by atoms with Crippen molar-refractivity contribution in [3.63, 3.8) is 0 Å². The highest BCUT2D eigenvalue weighted by Gasteiger charge is 2.31. The van der Waals surface area contributed by atoms with Crippen LogP contribution in [0.2, 0.25) is 0 Å². The fourth-order valence-electron chi connectivity index (χ4n) is 4.02. The predicted molar refractivity (Wildman–Crippen MR) is 108 cm³/mol. The standard InChI is InChI=1S/C20H19FN4O2S/c1-23-4-6-24(7-5-23)15-9-14-12(8-13(15)21)18(26)17-19(27)16(10-22)28-20(17)25(14)11-2-3-11/h8-9,11,27H,2-7H2,1H3. The number of benzene rings is 1. The van der Waals surface area contributed by atoms with E-state index in [1.165, 1.54) is 6.07 Å². The Labute approximate surface area is 164 Å². The normalized spacial score (nSPS) is 18.1. The molecule has 0 bridgehead atoms. The van der Waals surface area contributed by atoms with E-state index in [1.807, 2.05) is 22.6 Å². The van der Waals surface area contributed by atoms with Crippen LogP contribution in [-0.4, -0.2) is 47.8 Å². The molecule has 1 N–H and O–H groups in total. The molecule has 0 amide bonds. The average Bonchev–Trinajstić information content (AvgIpc) is 3.46. The lowest BCUT2D eigenvalue weighted by atomic mass is 10.1. The molecule has 2 aliphatic rings. The summed E-state index contributed by atoms with van der Waals surface area (Å²) in [6, 6.07) is 5.24. The number of nitriles is 1. The van der Waals surface area contributed by atoms with Crippen molar-refractivity contribution in [1.82, 2.24) is 9.47 Å². The minimum atomic E-state index is -0.425. The number of halogens is 1. The predicted octanol–water partition coefficient (Wildman–Crippen LogP) is 3.02. The zero-order valence-corrected chi connectivity index (χ0v) is 16.2. The Bertz CT molecular complexity index is 1210. The van der Waals surface area contributed by atoms with Crippen molar-refractivity contribution in [2.45, 2.75) is 18.9 Å². The molecule has 8 heteroatoms. The number of piperazine rings is 1. The summed E-state index contributed by atoms with van der Waals surface area (Å²) < 4.78 is 17.0. The van der Waals surface area contributed by atoms with E-state index in [2.05, 4.69) is 4.90 Å². The molecule has 144 valence electrons. The zero-order chi connectivity index (χ0) is 19.6. The van der Waals surface area contributed by atoms with Gasteiger partial charge in [0, 0.05) is 37.6 Å². The number of rotatable bonds is 2. The molecule has 2 fully saturated rings. The summed E-state index contributed by atoms with van der Waals surface area (Å²) in [4.78, 5) is 18.0. The number of hydrogen-bond donors (Lipinski definition) is 1. The van der Waals surface area contributed by atoms with Gasteiger partial charge in [-0.1, -0.05) is 0 Å². The number of likely N-dealkylation sites (N-methyl/N-ethyl adjacent to an activating group) is 1. The fourth-order valence-corrected chi connectivity index (χ4v) is 5.10. The number of pyridine rings is 1. The van der Waals surface area contributed by atoms with Crippen molar-refractivity contribution in [3.8, 4) is 11.8 Å². The number of hydrogen-bond acceptors (Lipinski definition) is 6. The van der Waals surface area contributed by atoms with Crippen molar-refractivity contribution in [1.29, 1.82) is 5.26 Å². The number of fused-ring (bicyclic) bond motifs is 2. The first-order chi connectivity index (χ1) is 13.5. The number of anilines is 1. The van der Waals surface area contributed by atoms with Crippen LogP contribution in [0.5, 0.6) is 5.75 Å². The SMILES string of the molecule is CN1CCN(c2cc3c(cc2F)c(=O)c2c(O)c(C#N)sc2n3C2CC2)CC1. The molecule has 3 aromatic rings. The molecule has 1 aliphatic heterocycles. The van der Waals surface area contributed by atoms with Crippen LogP contribution in [0, 0.1) is 17.1 Å². The Kier molecular flexibility index (Phi) is 3.86. The molecule has 0 radical (unpaired) electrons. The monoisotopic (exact) mass is 398 g/mol. The van der Waals surface area contributed by atoms with Gasteiger partial charge < -0.3 is 19.5 Å². The third-order valence-corrected chi connectivity index (χ3v) is 6.82. The van der Waals surface area contributed by atoms with Crippen LogP contribution in [0.3, 0.4) is 0 Å². The lowest BCUT2D eigenvalue weighted by Gasteiger charge is -2.34. The van der Waals surface area contributed by atoms with Gasteiger partial charge in [0.1, 0.15) is 27.0 Å². The Hall–Kier alpha value is -2.63. The molecule has 1 aromatic carbocycles. The summed E-state index contributed by atoms with van der Waals surface area (Å²) in [6.45, 7) is 3.17. The number of aromatic hydroxyl groups is 1. The second-order valence-corrected chi connectivity index (χ2v) is 8.61. The van der Waals surface area contributed by atoms with Gasteiger partial charge in [-0.15, -0.1) is 11.3 Å². The van der Waals surface area contributed by atoms with Gasteiger partial charge in [0.05, 0.1) is 11.2 Å². The second-order valence-electron chi connectivity index (χ2n) is 7.61. The van der Waals surface area contributed by atoms with Crippen molar-refractivity contribution in [2.24, 2.45) is 0 Å². The summed E-state index contributed by atoms with van der Waals surface area (Å²) in [7, 11) is 2.05. The first-order valence-electron chi connectivity index (χ1n) is 9.36. The maximum atomic E-state index is 15.0. The van der Waals surface area contributed by atoms with Gasteiger partial charge in [-0.3, -0.25) is 4.79 Å². The van der Waals surface area contributed by atoms with Crippen LogP contribution in [0.25, 0.3) is 21.1 Å². The highest BCUT2D eigenvalue weighted by molar-refractivity contribution is 7.19. The van der Waals surface area contributed by atoms with E-state index < -0.39 is 11.2 Å². The third kappa shape index (κ3) is 2.50. The molecular formula is C20H19FN4O2S. The molecule has 6 nitrogen and oxygen atoms in total. The van der Waals surface area contributed by atoms with Crippen molar-refractivity contribution >= 4 is 38.1 Å². The van der Waals surface area contributed by atoms with E-state index in [4.69, 9.17) is 0 Å². The van der Waals surface area contributed by atoms with Gasteiger partial charge in [-0.2, -0.15) is 5.26 Å². The summed E-state index contributed by atoms with van der Waals surface area (Å²) in [5, 5.41) is 20.1. The van der Waals surface area contributed by atoms with Crippen LogP contribution in [0.4, 0.5) is 10.1 Å². The molecule has 1 saturated carbocycles. The summed E-state index contributed by atoms with van der Waals surface area (Å²) in [5.41, 5.74) is 0.775. The van der Waals surface area contributed by atoms with Gasteiger partial charge in [0.25, 0.3) is 0 Å². The van der Waals surface area contributed by atoms with E-state index >= 15 is 0 Å². The van der Waals surface area contributed by atoms with Gasteiger partial charge in [0.2, 0.25) is 5.43 Å². The average molecular weight is 398 g/mol. The number of thiophene rings is 1. The Morgan fingerprint density at radius 1 is 1.25 bits per heavy atom. The Morgan fingerprint density at radius 2 is 1.96 bits per heavy atom. The highest BCUT2D eigenvalue weighted by Crippen LogP contribution is 2.44. The van der Waals surface area contributed by atoms with Crippen LogP contribution < -0.4 is 10.3 Å². The molecule has 0 atom stereocenters. The largest absolute Gasteiger partial charge is 0.505 e. The van der Waals surface area contributed by atoms with Crippen LogP contribution >= 0.6 is 11.3 Å². The van der Waals surface area contributed by atoms with Crippen LogP contribution in [-0.2, 0) is 0 Å². The molecule has 5 rings (SSSR count).